The van der Waals surface area contributed by atoms with Gasteiger partial charge in [-0.05, 0) is 38.1 Å². The van der Waals surface area contributed by atoms with Gasteiger partial charge >= 0.3 is 0 Å². The maximum absolute atomic E-state index is 12.6. The molecule has 2 aromatic heterocycles. The Bertz CT molecular complexity index is 1060. The molecular weight excluding hydrogens is 422 g/mol. The van der Waals surface area contributed by atoms with Crippen molar-refractivity contribution >= 4 is 34.7 Å². The molecule has 9 heteroatoms. The zero-order chi connectivity index (χ0) is 21.5. The second kappa shape index (κ2) is 10.3. The largest absolute Gasteiger partial charge is 0.494 e. The Morgan fingerprint density at radius 2 is 2.07 bits per heavy atom. The van der Waals surface area contributed by atoms with Crippen molar-refractivity contribution in [1.29, 1.82) is 0 Å². The van der Waals surface area contributed by atoms with Crippen LogP contribution in [0.3, 0.4) is 0 Å². The van der Waals surface area contributed by atoms with Crippen LogP contribution in [0.4, 0.5) is 5.69 Å². The molecular formula is C21H23N3O4S2. The SMILES string of the molecule is CCOc1ccc(NC(=O)Cn2cc(OC)c(=O)cc2CSc2nc(C)cs2)cc1. The number of thiazole rings is 1. The lowest BCUT2D eigenvalue weighted by atomic mass is 10.3. The van der Waals surface area contributed by atoms with Gasteiger partial charge in [-0.15, -0.1) is 11.3 Å². The summed E-state index contributed by atoms with van der Waals surface area (Å²) in [5.74, 6) is 1.25. The van der Waals surface area contributed by atoms with E-state index in [2.05, 4.69) is 10.3 Å². The number of aromatic nitrogens is 2. The number of benzene rings is 1. The normalized spacial score (nSPS) is 10.6. The fraction of sp³-hybridized carbons (Fsp3) is 0.286. The van der Waals surface area contributed by atoms with E-state index in [1.807, 2.05) is 19.2 Å². The smallest absolute Gasteiger partial charge is 0.244 e. The first-order valence-electron chi connectivity index (χ1n) is 9.33. The van der Waals surface area contributed by atoms with E-state index in [1.54, 1.807) is 46.4 Å². The molecule has 1 amide bonds. The molecule has 1 N–H and O–H groups in total. The third-order valence-electron chi connectivity index (χ3n) is 4.11. The van der Waals surface area contributed by atoms with E-state index in [1.165, 1.54) is 24.9 Å². The van der Waals surface area contributed by atoms with Crippen molar-refractivity contribution in [3.05, 3.63) is 63.5 Å². The lowest BCUT2D eigenvalue weighted by molar-refractivity contribution is -0.116. The summed E-state index contributed by atoms with van der Waals surface area (Å²) in [6.07, 6.45) is 1.57. The Kier molecular flexibility index (Phi) is 7.53. The molecule has 7 nitrogen and oxygen atoms in total. The van der Waals surface area contributed by atoms with Crippen LogP contribution < -0.4 is 20.2 Å². The van der Waals surface area contributed by atoms with Gasteiger partial charge in [-0.3, -0.25) is 9.59 Å². The third-order valence-corrected chi connectivity index (χ3v) is 6.28. The van der Waals surface area contributed by atoms with Crippen LogP contribution >= 0.6 is 23.1 Å². The minimum atomic E-state index is -0.216. The van der Waals surface area contributed by atoms with Crippen molar-refractivity contribution in [2.45, 2.75) is 30.5 Å². The van der Waals surface area contributed by atoms with Gasteiger partial charge in [0.2, 0.25) is 11.3 Å². The Labute approximate surface area is 183 Å². The van der Waals surface area contributed by atoms with Crippen molar-refractivity contribution < 1.29 is 14.3 Å². The van der Waals surface area contributed by atoms with E-state index in [0.717, 1.165) is 21.5 Å². The van der Waals surface area contributed by atoms with E-state index in [4.69, 9.17) is 9.47 Å². The molecule has 0 atom stereocenters. The highest BCUT2D eigenvalue weighted by Gasteiger charge is 2.12. The van der Waals surface area contributed by atoms with Gasteiger partial charge in [-0.1, -0.05) is 11.8 Å². The highest BCUT2D eigenvalue weighted by atomic mass is 32.2. The molecule has 3 rings (SSSR count). The van der Waals surface area contributed by atoms with Gasteiger partial charge in [0, 0.05) is 34.3 Å². The molecule has 0 aliphatic carbocycles. The first-order valence-corrected chi connectivity index (χ1v) is 11.2. The average Bonchev–Trinajstić information content (AvgIpc) is 3.14. The molecule has 0 saturated carbocycles. The molecule has 0 aliphatic rings. The Balaban J connectivity index is 1.73. The molecule has 0 spiro atoms. The van der Waals surface area contributed by atoms with Crippen LogP contribution in [0.25, 0.3) is 0 Å². The number of carbonyl (C=O) groups excluding carboxylic acids is 1. The summed E-state index contributed by atoms with van der Waals surface area (Å²) in [6.45, 7) is 4.49. The van der Waals surface area contributed by atoms with E-state index < -0.39 is 0 Å². The van der Waals surface area contributed by atoms with E-state index in [9.17, 15) is 9.59 Å². The molecule has 0 saturated heterocycles. The monoisotopic (exact) mass is 445 g/mol. The average molecular weight is 446 g/mol. The highest BCUT2D eigenvalue weighted by Crippen LogP contribution is 2.26. The number of thioether (sulfide) groups is 1. The number of pyridine rings is 1. The molecule has 0 unspecified atom stereocenters. The van der Waals surface area contributed by atoms with Crippen LogP contribution in [0, 0.1) is 6.92 Å². The van der Waals surface area contributed by atoms with Crippen molar-refractivity contribution in [1.82, 2.24) is 9.55 Å². The Morgan fingerprint density at radius 1 is 1.30 bits per heavy atom. The number of aryl methyl sites for hydroxylation is 1. The summed E-state index contributed by atoms with van der Waals surface area (Å²) in [4.78, 5) is 29.3. The van der Waals surface area contributed by atoms with Crippen LogP contribution in [0.15, 0.2) is 51.0 Å². The van der Waals surface area contributed by atoms with E-state index in [0.29, 0.717) is 18.0 Å². The van der Waals surface area contributed by atoms with Gasteiger partial charge in [0.15, 0.2) is 5.75 Å². The molecule has 3 aromatic rings. The molecule has 0 aliphatic heterocycles. The lowest BCUT2D eigenvalue weighted by Gasteiger charge is -2.14. The maximum atomic E-state index is 12.6. The first kappa shape index (κ1) is 21.9. The van der Waals surface area contributed by atoms with Gasteiger partial charge in [-0.25, -0.2) is 4.98 Å². The summed E-state index contributed by atoms with van der Waals surface area (Å²) in [7, 11) is 1.44. The van der Waals surface area contributed by atoms with Gasteiger partial charge in [0.1, 0.15) is 16.6 Å². The standard InChI is InChI=1S/C21H23N3O4S2/c1-4-28-17-7-5-15(6-8-17)23-20(26)11-24-10-19(27-3)18(25)9-16(24)13-30-21-22-14(2)12-29-21/h5-10,12H,4,11,13H2,1-3H3,(H,23,26). The number of hydrogen-bond acceptors (Lipinski definition) is 7. The first-order chi connectivity index (χ1) is 14.5. The second-order valence-electron chi connectivity index (χ2n) is 6.37. The summed E-state index contributed by atoms with van der Waals surface area (Å²) in [5.41, 5.74) is 2.14. The molecule has 2 heterocycles. The van der Waals surface area contributed by atoms with Crippen molar-refractivity contribution in [3.63, 3.8) is 0 Å². The lowest BCUT2D eigenvalue weighted by Crippen LogP contribution is -2.22. The second-order valence-corrected chi connectivity index (χ2v) is 8.45. The van der Waals surface area contributed by atoms with E-state index >= 15 is 0 Å². The van der Waals surface area contributed by atoms with Crippen molar-refractivity contribution in [2.24, 2.45) is 0 Å². The number of carbonyl (C=O) groups is 1. The van der Waals surface area contributed by atoms with Crippen LogP contribution in [0.2, 0.25) is 0 Å². The number of amides is 1. The Hall–Kier alpha value is -2.78. The minimum absolute atomic E-state index is 0.0522. The topological polar surface area (TPSA) is 82.5 Å². The number of nitrogens with one attached hydrogen (secondary N) is 1. The van der Waals surface area contributed by atoms with E-state index in [-0.39, 0.29) is 23.6 Å². The van der Waals surface area contributed by atoms with Crippen LogP contribution in [-0.4, -0.2) is 29.2 Å². The molecule has 1 aromatic carbocycles. The highest BCUT2D eigenvalue weighted by molar-refractivity contribution is 8.00. The number of hydrogen-bond donors (Lipinski definition) is 1. The molecule has 158 valence electrons. The van der Waals surface area contributed by atoms with Crippen molar-refractivity contribution in [3.8, 4) is 11.5 Å². The molecule has 0 bridgehead atoms. The zero-order valence-corrected chi connectivity index (χ0v) is 18.6. The van der Waals surface area contributed by atoms with Crippen molar-refractivity contribution in [2.75, 3.05) is 19.0 Å². The third kappa shape index (κ3) is 5.87. The number of ether oxygens (including phenoxy) is 2. The summed E-state index contributed by atoms with van der Waals surface area (Å²) >= 11 is 3.09. The van der Waals surface area contributed by atoms with Crippen LogP contribution in [0.5, 0.6) is 11.5 Å². The number of rotatable bonds is 9. The van der Waals surface area contributed by atoms with Crippen LogP contribution in [0.1, 0.15) is 18.3 Å². The zero-order valence-electron chi connectivity index (χ0n) is 17.0. The van der Waals surface area contributed by atoms with Gasteiger partial charge in [-0.2, -0.15) is 0 Å². The molecule has 30 heavy (non-hydrogen) atoms. The quantitative estimate of drug-likeness (QED) is 0.502. The van der Waals surface area contributed by atoms with Gasteiger partial charge in [0.05, 0.1) is 19.9 Å². The maximum Gasteiger partial charge on any atom is 0.244 e. The number of methoxy groups -OCH3 is 1. The molecule has 0 fully saturated rings. The van der Waals surface area contributed by atoms with Crippen LogP contribution in [-0.2, 0) is 17.1 Å². The molecule has 0 radical (unpaired) electrons. The summed E-state index contributed by atoms with van der Waals surface area (Å²) < 4.78 is 13.2. The minimum Gasteiger partial charge on any atom is -0.494 e. The van der Waals surface area contributed by atoms with Gasteiger partial charge < -0.3 is 19.4 Å². The predicted molar refractivity (Wildman–Crippen MR) is 120 cm³/mol. The summed E-state index contributed by atoms with van der Waals surface area (Å²) in [6, 6.07) is 8.70. The number of nitrogens with zero attached hydrogens (tertiary/aromatic N) is 2. The summed E-state index contributed by atoms with van der Waals surface area (Å²) in [5, 5.41) is 4.84. The van der Waals surface area contributed by atoms with Gasteiger partial charge in [0.25, 0.3) is 0 Å². The predicted octanol–water partition coefficient (Wildman–Crippen LogP) is 3.95. The fourth-order valence-corrected chi connectivity index (χ4v) is 4.55. The number of anilines is 1. The fourth-order valence-electron chi connectivity index (χ4n) is 2.71. The Morgan fingerprint density at radius 3 is 2.70 bits per heavy atom.